The number of hydrogen-bond donors (Lipinski definition) is 0. The predicted molar refractivity (Wildman–Crippen MR) is 107 cm³/mol. The minimum Gasteiger partial charge on any atom is -0.107 e. The summed E-state index contributed by atoms with van der Waals surface area (Å²) in [6.45, 7) is 8.67. The second-order valence-electron chi connectivity index (χ2n) is 6.56. The van der Waals surface area contributed by atoms with Gasteiger partial charge in [-0.2, -0.15) is 0 Å². The van der Waals surface area contributed by atoms with Gasteiger partial charge >= 0.3 is 0 Å². The number of rotatable bonds is 0. The van der Waals surface area contributed by atoms with Crippen LogP contribution >= 0.6 is 24.0 Å². The Balaban J connectivity index is 0.000000566. The second-order valence-corrected chi connectivity index (χ2v) is 6.56. The molecule has 0 amide bonds. The average molecular weight is 404 g/mol. The molecule has 1 heteroatoms. The zero-order valence-corrected chi connectivity index (χ0v) is 16.2. The van der Waals surface area contributed by atoms with Gasteiger partial charge in [0.25, 0.3) is 0 Å². The summed E-state index contributed by atoms with van der Waals surface area (Å²) in [5.74, 6) is 0. The Labute approximate surface area is 151 Å². The molecule has 0 unspecified atom stereocenters. The van der Waals surface area contributed by atoms with Crippen LogP contribution < -0.4 is 0 Å². The largest absolute Gasteiger partial charge is 0.107 e. The highest BCUT2D eigenvalue weighted by Gasteiger charge is 2.46. The van der Waals surface area contributed by atoms with Gasteiger partial charge in [0.05, 0.1) is 0 Å². The molecule has 2 aromatic rings. The summed E-state index contributed by atoms with van der Waals surface area (Å²) >= 11 is 0. The van der Waals surface area contributed by atoms with Crippen LogP contribution in [0.15, 0.2) is 60.7 Å². The lowest BCUT2D eigenvalue weighted by molar-refractivity contribution is 0.406. The van der Waals surface area contributed by atoms with Gasteiger partial charge in [0.2, 0.25) is 0 Å². The van der Waals surface area contributed by atoms with E-state index in [9.17, 15) is 0 Å². The molecule has 22 heavy (non-hydrogen) atoms. The fraction of sp³-hybridized carbons (Fsp3) is 0.333. The average Bonchev–Trinajstić information content (AvgIpc) is 2.99. The van der Waals surface area contributed by atoms with E-state index in [1.165, 1.54) is 28.7 Å². The SMILES string of the molecule is CC.CC1(C)C=CC2(C1)c1ccccc1-c1ccccc12.I. The third-order valence-electron chi connectivity index (χ3n) is 4.66. The monoisotopic (exact) mass is 404 g/mol. The van der Waals surface area contributed by atoms with Crippen molar-refractivity contribution in [2.24, 2.45) is 5.41 Å². The van der Waals surface area contributed by atoms with E-state index >= 15 is 0 Å². The van der Waals surface area contributed by atoms with E-state index in [4.69, 9.17) is 0 Å². The molecule has 1 spiro atoms. The molecular formula is C21H25I. The van der Waals surface area contributed by atoms with Crippen molar-refractivity contribution >= 4 is 24.0 Å². The van der Waals surface area contributed by atoms with Crippen LogP contribution in [0.4, 0.5) is 0 Å². The third kappa shape index (κ3) is 2.44. The highest BCUT2D eigenvalue weighted by atomic mass is 127. The molecule has 0 nitrogen and oxygen atoms in total. The molecule has 0 heterocycles. The summed E-state index contributed by atoms with van der Waals surface area (Å²) in [5, 5.41) is 0. The van der Waals surface area contributed by atoms with Gasteiger partial charge < -0.3 is 0 Å². The van der Waals surface area contributed by atoms with E-state index in [1.54, 1.807) is 0 Å². The molecule has 0 radical (unpaired) electrons. The molecule has 4 rings (SSSR count). The summed E-state index contributed by atoms with van der Waals surface area (Å²) in [4.78, 5) is 0. The van der Waals surface area contributed by atoms with Crippen LogP contribution in [0, 0.1) is 5.41 Å². The van der Waals surface area contributed by atoms with Crippen LogP contribution in [0.1, 0.15) is 45.2 Å². The first kappa shape index (κ1) is 17.3. The van der Waals surface area contributed by atoms with Crippen molar-refractivity contribution in [1.29, 1.82) is 0 Å². The second kappa shape index (κ2) is 6.19. The molecular weight excluding hydrogens is 379 g/mol. The predicted octanol–water partition coefficient (Wildman–Crippen LogP) is 6.58. The Hall–Kier alpha value is -1.09. The maximum atomic E-state index is 2.44. The smallest absolute Gasteiger partial charge is 0.0402 e. The zero-order chi connectivity index (χ0) is 15.1. The first-order valence-corrected chi connectivity index (χ1v) is 8.02. The van der Waals surface area contributed by atoms with Crippen LogP contribution in [0.3, 0.4) is 0 Å². The molecule has 2 aromatic carbocycles. The molecule has 2 aliphatic carbocycles. The van der Waals surface area contributed by atoms with E-state index in [-0.39, 0.29) is 34.8 Å². The molecule has 0 N–H and O–H groups in total. The normalized spacial score (nSPS) is 18.0. The van der Waals surface area contributed by atoms with Crippen LogP contribution in [-0.4, -0.2) is 0 Å². The Kier molecular flexibility index (Phi) is 4.86. The van der Waals surface area contributed by atoms with E-state index < -0.39 is 0 Å². The minimum atomic E-state index is 0. The van der Waals surface area contributed by atoms with Gasteiger partial charge in [-0.15, -0.1) is 24.0 Å². The molecule has 0 saturated carbocycles. The Morgan fingerprint density at radius 1 is 0.727 bits per heavy atom. The molecule has 0 aliphatic heterocycles. The molecule has 0 bridgehead atoms. The van der Waals surface area contributed by atoms with E-state index in [0.29, 0.717) is 0 Å². The van der Waals surface area contributed by atoms with Gasteiger partial charge in [-0.1, -0.05) is 88.4 Å². The van der Waals surface area contributed by atoms with Crippen molar-refractivity contribution in [3.8, 4) is 11.1 Å². The van der Waals surface area contributed by atoms with E-state index in [0.717, 1.165) is 0 Å². The minimum absolute atomic E-state index is 0. The van der Waals surface area contributed by atoms with Crippen LogP contribution in [0.2, 0.25) is 0 Å². The quantitative estimate of drug-likeness (QED) is 0.344. The summed E-state index contributed by atoms with van der Waals surface area (Å²) in [6.07, 6.45) is 6.01. The van der Waals surface area contributed by atoms with Gasteiger partial charge in [-0.25, -0.2) is 0 Å². The summed E-state index contributed by atoms with van der Waals surface area (Å²) < 4.78 is 0. The number of benzene rings is 2. The Morgan fingerprint density at radius 3 is 1.59 bits per heavy atom. The zero-order valence-electron chi connectivity index (χ0n) is 13.9. The summed E-state index contributed by atoms with van der Waals surface area (Å²) in [7, 11) is 0. The van der Waals surface area contributed by atoms with Gasteiger partial charge in [0, 0.05) is 5.41 Å². The van der Waals surface area contributed by atoms with Crippen LogP contribution in [0.25, 0.3) is 11.1 Å². The molecule has 116 valence electrons. The maximum absolute atomic E-state index is 2.44. The fourth-order valence-corrected chi connectivity index (χ4v) is 3.93. The van der Waals surface area contributed by atoms with Crippen molar-refractivity contribution in [2.75, 3.05) is 0 Å². The fourth-order valence-electron chi connectivity index (χ4n) is 3.93. The lowest BCUT2D eigenvalue weighted by atomic mass is 9.73. The van der Waals surface area contributed by atoms with Crippen LogP contribution in [-0.2, 0) is 5.41 Å². The lowest BCUT2D eigenvalue weighted by Gasteiger charge is -2.29. The van der Waals surface area contributed by atoms with Gasteiger partial charge in [-0.3, -0.25) is 0 Å². The van der Waals surface area contributed by atoms with Crippen molar-refractivity contribution in [1.82, 2.24) is 0 Å². The van der Waals surface area contributed by atoms with Crippen LogP contribution in [0.5, 0.6) is 0 Å². The third-order valence-corrected chi connectivity index (χ3v) is 4.66. The highest BCUT2D eigenvalue weighted by Crippen LogP contribution is 2.57. The topological polar surface area (TPSA) is 0 Å². The van der Waals surface area contributed by atoms with E-state index in [2.05, 4.69) is 74.5 Å². The van der Waals surface area contributed by atoms with Crippen molar-refractivity contribution in [2.45, 2.75) is 39.5 Å². The first-order chi connectivity index (χ1) is 10.1. The lowest BCUT2D eigenvalue weighted by Crippen LogP contribution is -2.23. The van der Waals surface area contributed by atoms with E-state index in [1.807, 2.05) is 13.8 Å². The maximum Gasteiger partial charge on any atom is 0.0402 e. The number of allylic oxidation sites excluding steroid dienone is 2. The Morgan fingerprint density at radius 2 is 1.18 bits per heavy atom. The molecule has 0 atom stereocenters. The number of hydrogen-bond acceptors (Lipinski definition) is 0. The molecule has 0 aromatic heterocycles. The van der Waals surface area contributed by atoms with Gasteiger partial charge in [0.1, 0.15) is 0 Å². The molecule has 2 aliphatic rings. The summed E-state index contributed by atoms with van der Waals surface area (Å²) in [6, 6.07) is 17.8. The van der Waals surface area contributed by atoms with Crippen molar-refractivity contribution in [3.05, 3.63) is 71.8 Å². The van der Waals surface area contributed by atoms with Crippen molar-refractivity contribution < 1.29 is 0 Å². The highest BCUT2D eigenvalue weighted by molar-refractivity contribution is 14.0. The Bertz CT molecular complexity index is 649. The summed E-state index contributed by atoms with van der Waals surface area (Å²) in [5.41, 5.74) is 6.19. The van der Waals surface area contributed by atoms with Gasteiger partial charge in [0.15, 0.2) is 0 Å². The molecule has 0 saturated heterocycles. The van der Waals surface area contributed by atoms with Crippen molar-refractivity contribution in [3.63, 3.8) is 0 Å². The van der Waals surface area contributed by atoms with Gasteiger partial charge in [-0.05, 0) is 34.1 Å². The standard InChI is InChI=1S/C19H18.C2H6.HI/c1-18(2)11-12-19(13-18)16-9-5-3-7-14(16)15-8-4-6-10-17(15)19;1-2;/h3-12H,13H2,1-2H3;1-2H3;1H. The number of fused-ring (bicyclic) bond motifs is 5. The number of halogens is 1. The molecule has 0 fully saturated rings. The first-order valence-electron chi connectivity index (χ1n) is 8.02.